The lowest BCUT2D eigenvalue weighted by atomic mass is 10.0. The highest BCUT2D eigenvalue weighted by molar-refractivity contribution is 5.35. The van der Waals surface area contributed by atoms with Crippen molar-refractivity contribution in [3.05, 3.63) is 83.2 Å². The van der Waals surface area contributed by atoms with Gasteiger partial charge < -0.3 is 5.11 Å². The van der Waals surface area contributed by atoms with E-state index in [4.69, 9.17) is 0 Å². The molecule has 3 aromatic rings. The predicted molar refractivity (Wildman–Crippen MR) is 83.5 cm³/mol. The Kier molecular flexibility index (Phi) is 3.59. The van der Waals surface area contributed by atoms with Crippen LogP contribution in [0.2, 0.25) is 0 Å². The molecule has 3 rings (SSSR count). The predicted octanol–water partition coefficient (Wildman–Crippen LogP) is 3.57. The number of benzene rings is 2. The molecule has 106 valence electrons. The maximum atomic E-state index is 10.5. The number of nitrogens with zero attached hydrogens (tertiary/aromatic N) is 2. The molecule has 1 aromatic heterocycles. The van der Waals surface area contributed by atoms with Gasteiger partial charge in [0.25, 0.3) is 0 Å². The summed E-state index contributed by atoms with van der Waals surface area (Å²) < 4.78 is 1.78. The molecule has 21 heavy (non-hydrogen) atoms. The molecular weight excluding hydrogens is 260 g/mol. The van der Waals surface area contributed by atoms with Gasteiger partial charge in [0, 0.05) is 6.20 Å². The number of aryl methyl sites for hydroxylation is 2. The molecule has 0 spiro atoms. The minimum absolute atomic E-state index is 0.656. The van der Waals surface area contributed by atoms with Crippen LogP contribution in [0.4, 0.5) is 0 Å². The van der Waals surface area contributed by atoms with Gasteiger partial charge in [0.1, 0.15) is 6.10 Å². The fourth-order valence-corrected chi connectivity index (χ4v) is 2.55. The van der Waals surface area contributed by atoms with Gasteiger partial charge in [-0.05, 0) is 37.6 Å². The highest BCUT2D eigenvalue weighted by Gasteiger charge is 2.14. The number of aliphatic hydroxyl groups is 1. The lowest BCUT2D eigenvalue weighted by Crippen LogP contribution is -2.03. The van der Waals surface area contributed by atoms with E-state index in [0.29, 0.717) is 5.69 Å². The Morgan fingerprint density at radius 3 is 2.29 bits per heavy atom. The Balaban J connectivity index is 1.92. The van der Waals surface area contributed by atoms with E-state index in [1.54, 1.807) is 4.68 Å². The molecule has 1 heterocycles. The average molecular weight is 278 g/mol. The van der Waals surface area contributed by atoms with Crippen molar-refractivity contribution in [1.29, 1.82) is 0 Å². The van der Waals surface area contributed by atoms with Gasteiger partial charge >= 0.3 is 0 Å². The number of hydrogen-bond acceptors (Lipinski definition) is 2. The molecule has 0 saturated carbocycles. The summed E-state index contributed by atoms with van der Waals surface area (Å²) in [6, 6.07) is 17.8. The molecule has 0 bridgehead atoms. The van der Waals surface area contributed by atoms with Gasteiger partial charge in [-0.1, -0.05) is 47.5 Å². The standard InChI is InChI=1S/C18H18N2O/c1-13-10-14(2)12-15(11-13)18(21)17-8-9-20(19-17)16-6-4-3-5-7-16/h3-12,18,21H,1-2H3. The second kappa shape index (κ2) is 5.54. The Bertz CT molecular complexity index is 727. The number of para-hydroxylation sites is 1. The van der Waals surface area contributed by atoms with Crippen molar-refractivity contribution >= 4 is 0 Å². The fourth-order valence-electron chi connectivity index (χ4n) is 2.55. The van der Waals surface area contributed by atoms with Crippen LogP contribution < -0.4 is 0 Å². The monoisotopic (exact) mass is 278 g/mol. The molecule has 0 radical (unpaired) electrons. The molecule has 0 saturated heterocycles. The highest BCUT2D eigenvalue weighted by Crippen LogP contribution is 2.23. The maximum Gasteiger partial charge on any atom is 0.123 e. The molecule has 1 N–H and O–H groups in total. The van der Waals surface area contributed by atoms with E-state index in [0.717, 1.165) is 22.4 Å². The molecule has 0 aliphatic carbocycles. The third-order valence-corrected chi connectivity index (χ3v) is 3.47. The second-order valence-electron chi connectivity index (χ2n) is 5.34. The first-order chi connectivity index (χ1) is 10.1. The quantitative estimate of drug-likeness (QED) is 0.795. The Labute approximate surface area is 124 Å². The smallest absolute Gasteiger partial charge is 0.123 e. The van der Waals surface area contributed by atoms with Crippen LogP contribution in [0.3, 0.4) is 0 Å². The first-order valence-corrected chi connectivity index (χ1v) is 7.01. The lowest BCUT2D eigenvalue weighted by molar-refractivity contribution is 0.214. The van der Waals surface area contributed by atoms with Crippen molar-refractivity contribution in [3.8, 4) is 5.69 Å². The van der Waals surface area contributed by atoms with Crippen LogP contribution in [-0.4, -0.2) is 14.9 Å². The molecule has 1 unspecified atom stereocenters. The summed E-state index contributed by atoms with van der Waals surface area (Å²) in [6.07, 6.45) is 1.17. The highest BCUT2D eigenvalue weighted by atomic mass is 16.3. The normalized spacial score (nSPS) is 12.3. The van der Waals surface area contributed by atoms with E-state index in [2.05, 4.69) is 11.2 Å². The third-order valence-electron chi connectivity index (χ3n) is 3.47. The summed E-state index contributed by atoms with van der Waals surface area (Å²) in [4.78, 5) is 0. The van der Waals surface area contributed by atoms with Crippen molar-refractivity contribution in [2.24, 2.45) is 0 Å². The maximum absolute atomic E-state index is 10.5. The van der Waals surface area contributed by atoms with E-state index >= 15 is 0 Å². The van der Waals surface area contributed by atoms with Gasteiger partial charge in [0.15, 0.2) is 0 Å². The molecule has 0 aliphatic rings. The molecule has 3 heteroatoms. The van der Waals surface area contributed by atoms with Crippen molar-refractivity contribution < 1.29 is 5.11 Å². The molecule has 0 aliphatic heterocycles. The van der Waals surface area contributed by atoms with Crippen molar-refractivity contribution in [2.75, 3.05) is 0 Å². The van der Waals surface area contributed by atoms with Crippen LogP contribution in [0.15, 0.2) is 60.8 Å². The SMILES string of the molecule is Cc1cc(C)cc(C(O)c2ccn(-c3ccccc3)n2)c1. The van der Waals surface area contributed by atoms with Gasteiger partial charge in [0.2, 0.25) is 0 Å². The van der Waals surface area contributed by atoms with E-state index < -0.39 is 6.10 Å². The number of rotatable bonds is 3. The number of hydrogen-bond donors (Lipinski definition) is 1. The van der Waals surface area contributed by atoms with Gasteiger partial charge in [-0.25, -0.2) is 4.68 Å². The van der Waals surface area contributed by atoms with Crippen molar-refractivity contribution in [1.82, 2.24) is 9.78 Å². The van der Waals surface area contributed by atoms with Crippen LogP contribution in [0, 0.1) is 13.8 Å². The summed E-state index contributed by atoms with van der Waals surface area (Å²) in [6.45, 7) is 4.07. The summed E-state index contributed by atoms with van der Waals surface area (Å²) in [5.74, 6) is 0. The third kappa shape index (κ3) is 2.88. The van der Waals surface area contributed by atoms with E-state index in [9.17, 15) is 5.11 Å². The van der Waals surface area contributed by atoms with Crippen molar-refractivity contribution in [3.63, 3.8) is 0 Å². The van der Waals surface area contributed by atoms with E-state index in [1.807, 2.05) is 68.6 Å². The minimum Gasteiger partial charge on any atom is -0.382 e. The van der Waals surface area contributed by atoms with E-state index in [1.165, 1.54) is 0 Å². The Morgan fingerprint density at radius 1 is 0.952 bits per heavy atom. The zero-order valence-corrected chi connectivity index (χ0v) is 12.2. The molecule has 2 aromatic carbocycles. The number of aromatic nitrogens is 2. The molecule has 0 amide bonds. The largest absolute Gasteiger partial charge is 0.382 e. The van der Waals surface area contributed by atoms with Crippen molar-refractivity contribution in [2.45, 2.75) is 20.0 Å². The zero-order chi connectivity index (χ0) is 14.8. The topological polar surface area (TPSA) is 38.0 Å². The fraction of sp³-hybridized carbons (Fsp3) is 0.167. The first kappa shape index (κ1) is 13.6. The van der Waals surface area contributed by atoms with Crippen LogP contribution in [0.1, 0.15) is 28.5 Å². The molecule has 1 atom stereocenters. The van der Waals surface area contributed by atoms with Gasteiger partial charge in [-0.2, -0.15) is 5.10 Å². The first-order valence-electron chi connectivity index (χ1n) is 7.01. The summed E-state index contributed by atoms with van der Waals surface area (Å²) >= 11 is 0. The molecule has 0 fully saturated rings. The zero-order valence-electron chi connectivity index (χ0n) is 12.2. The van der Waals surface area contributed by atoms with Gasteiger partial charge in [-0.15, -0.1) is 0 Å². The second-order valence-corrected chi connectivity index (χ2v) is 5.34. The average Bonchev–Trinajstić information content (AvgIpc) is 2.96. The van der Waals surface area contributed by atoms with Crippen LogP contribution in [0.25, 0.3) is 5.69 Å². The summed E-state index contributed by atoms with van der Waals surface area (Å²) in [7, 11) is 0. The lowest BCUT2D eigenvalue weighted by Gasteiger charge is -2.10. The summed E-state index contributed by atoms with van der Waals surface area (Å²) in [5, 5.41) is 15.0. The van der Waals surface area contributed by atoms with Crippen LogP contribution in [-0.2, 0) is 0 Å². The van der Waals surface area contributed by atoms with Gasteiger partial charge in [-0.3, -0.25) is 0 Å². The van der Waals surface area contributed by atoms with Gasteiger partial charge in [0.05, 0.1) is 11.4 Å². The molecular formula is C18H18N2O. The summed E-state index contributed by atoms with van der Waals surface area (Å²) in [5.41, 5.74) is 4.81. The number of aliphatic hydroxyl groups excluding tert-OH is 1. The van der Waals surface area contributed by atoms with Crippen LogP contribution >= 0.6 is 0 Å². The molecule has 3 nitrogen and oxygen atoms in total. The Morgan fingerprint density at radius 2 is 1.62 bits per heavy atom. The van der Waals surface area contributed by atoms with Crippen LogP contribution in [0.5, 0.6) is 0 Å². The van der Waals surface area contributed by atoms with E-state index in [-0.39, 0.29) is 0 Å². The minimum atomic E-state index is -0.700. The Hall–Kier alpha value is -2.39.